The molecule has 4 aliphatic rings. The molecule has 0 aromatic rings. The van der Waals surface area contributed by atoms with Gasteiger partial charge in [-0.05, 0) is 110 Å². The first-order chi connectivity index (χ1) is 14.0. The van der Waals surface area contributed by atoms with E-state index in [4.69, 9.17) is 0 Å². The maximum atomic E-state index is 10.3. The molecule has 0 bridgehead atoms. The van der Waals surface area contributed by atoms with Gasteiger partial charge in [0.2, 0.25) is 0 Å². The first-order valence-electron chi connectivity index (χ1n) is 13.0. The van der Waals surface area contributed by atoms with Crippen LogP contribution in [0.25, 0.3) is 0 Å². The summed E-state index contributed by atoms with van der Waals surface area (Å²) < 4.78 is 0. The minimum atomic E-state index is -0.0496. The molecule has 1 nitrogen and oxygen atoms in total. The van der Waals surface area contributed by atoms with Gasteiger partial charge in [-0.2, -0.15) is 0 Å². The monoisotopic (exact) mass is 412 g/mol. The van der Waals surface area contributed by atoms with Crippen molar-refractivity contribution in [3.8, 4) is 0 Å². The molecule has 0 aromatic carbocycles. The Morgan fingerprint density at radius 3 is 2.47 bits per heavy atom. The summed E-state index contributed by atoms with van der Waals surface area (Å²) in [6, 6.07) is 0. The van der Waals surface area contributed by atoms with E-state index < -0.39 is 0 Å². The number of fused-ring (bicyclic) bond motifs is 5. The first-order valence-corrected chi connectivity index (χ1v) is 13.0. The summed E-state index contributed by atoms with van der Waals surface area (Å²) in [6.07, 6.45) is 15.3. The van der Waals surface area contributed by atoms with Crippen molar-refractivity contribution in [2.24, 2.45) is 45.8 Å². The molecule has 0 aromatic heterocycles. The molecule has 4 rings (SSSR count). The Labute approximate surface area is 186 Å². The van der Waals surface area contributed by atoms with Crippen LogP contribution in [0.5, 0.6) is 0 Å². The molecule has 0 saturated heterocycles. The number of aliphatic hydroxyl groups excluding tert-OH is 1. The van der Waals surface area contributed by atoms with Crippen molar-refractivity contribution >= 4 is 0 Å². The van der Waals surface area contributed by atoms with E-state index in [9.17, 15) is 5.11 Å². The molecular formula is C29H48O. The highest BCUT2D eigenvalue weighted by atomic mass is 16.3. The lowest BCUT2D eigenvalue weighted by atomic mass is 9.47. The van der Waals surface area contributed by atoms with E-state index in [1.54, 1.807) is 0 Å². The number of hydrogen-bond donors (Lipinski definition) is 1. The van der Waals surface area contributed by atoms with E-state index in [1.165, 1.54) is 56.9 Å². The van der Waals surface area contributed by atoms with Crippen molar-refractivity contribution < 1.29 is 5.11 Å². The van der Waals surface area contributed by atoms with Crippen LogP contribution in [0.1, 0.15) is 106 Å². The highest BCUT2D eigenvalue weighted by Gasteiger charge is 2.58. The van der Waals surface area contributed by atoms with Crippen molar-refractivity contribution in [3.63, 3.8) is 0 Å². The van der Waals surface area contributed by atoms with Gasteiger partial charge in [0, 0.05) is 0 Å². The van der Waals surface area contributed by atoms with Gasteiger partial charge >= 0.3 is 0 Å². The lowest BCUT2D eigenvalue weighted by Gasteiger charge is -2.57. The zero-order chi connectivity index (χ0) is 21.9. The van der Waals surface area contributed by atoms with Crippen LogP contribution >= 0.6 is 0 Å². The number of hydrogen-bond acceptors (Lipinski definition) is 1. The van der Waals surface area contributed by atoms with Gasteiger partial charge in [-0.15, -0.1) is 0 Å². The van der Waals surface area contributed by atoms with E-state index >= 15 is 0 Å². The number of rotatable bonds is 4. The van der Waals surface area contributed by atoms with Gasteiger partial charge in [-0.1, -0.05) is 65.3 Å². The molecule has 1 N–H and O–H groups in total. The van der Waals surface area contributed by atoms with Crippen LogP contribution in [-0.4, -0.2) is 11.2 Å². The third-order valence-corrected chi connectivity index (χ3v) is 10.8. The Morgan fingerprint density at radius 1 is 1.10 bits per heavy atom. The minimum absolute atomic E-state index is 0.0496. The van der Waals surface area contributed by atoms with Gasteiger partial charge in [0.25, 0.3) is 0 Å². The van der Waals surface area contributed by atoms with Crippen molar-refractivity contribution in [2.75, 3.05) is 0 Å². The van der Waals surface area contributed by atoms with Gasteiger partial charge in [-0.25, -0.2) is 0 Å². The minimum Gasteiger partial charge on any atom is -0.393 e. The summed E-state index contributed by atoms with van der Waals surface area (Å²) in [7, 11) is 0. The maximum Gasteiger partial charge on any atom is 0.0543 e. The molecular weight excluding hydrogens is 364 g/mol. The second-order valence-electron chi connectivity index (χ2n) is 13.3. The molecule has 0 heterocycles. The Kier molecular flexibility index (Phi) is 5.87. The molecule has 4 aliphatic carbocycles. The lowest BCUT2D eigenvalue weighted by molar-refractivity contribution is -0.0427. The molecule has 0 spiro atoms. The average molecular weight is 413 g/mol. The third kappa shape index (κ3) is 3.66. The van der Waals surface area contributed by atoms with Gasteiger partial charge < -0.3 is 5.11 Å². The fraction of sp³-hybridized carbons (Fsp3) is 0.862. The van der Waals surface area contributed by atoms with Crippen molar-refractivity contribution in [3.05, 3.63) is 23.8 Å². The molecule has 3 saturated carbocycles. The Hall–Kier alpha value is -0.560. The molecule has 8 unspecified atom stereocenters. The standard InChI is InChI=1S/C29H48O/c1-19(8-9-20(2)27(3,4)5)24-12-13-25-23-11-10-21-18-22(30)14-16-28(21,6)26(23)15-17-29(24,25)7/h11,19,21-22,24-26,30H,2,8-10,12-18H2,1,3-7H3. The smallest absolute Gasteiger partial charge is 0.0543 e. The summed E-state index contributed by atoms with van der Waals surface area (Å²) in [6.45, 7) is 19.1. The van der Waals surface area contributed by atoms with Gasteiger partial charge in [-0.3, -0.25) is 0 Å². The van der Waals surface area contributed by atoms with E-state index in [0.717, 1.165) is 36.5 Å². The molecule has 0 amide bonds. The fourth-order valence-electron chi connectivity index (χ4n) is 8.44. The summed E-state index contributed by atoms with van der Waals surface area (Å²) in [5, 5.41) is 10.3. The van der Waals surface area contributed by atoms with Crippen LogP contribution in [0.15, 0.2) is 23.8 Å². The Bertz CT molecular complexity index is 696. The second-order valence-corrected chi connectivity index (χ2v) is 13.3. The molecule has 170 valence electrons. The summed E-state index contributed by atoms with van der Waals surface area (Å²) in [5.41, 5.74) is 4.46. The highest BCUT2D eigenvalue weighted by Crippen LogP contribution is 2.67. The molecule has 30 heavy (non-hydrogen) atoms. The van der Waals surface area contributed by atoms with E-state index in [2.05, 4.69) is 54.2 Å². The average Bonchev–Trinajstić information content (AvgIpc) is 3.03. The molecule has 1 heteroatoms. The topological polar surface area (TPSA) is 20.2 Å². The normalized spacial score (nSPS) is 44.5. The predicted octanol–water partition coefficient (Wildman–Crippen LogP) is 7.94. The largest absolute Gasteiger partial charge is 0.393 e. The second kappa shape index (κ2) is 7.79. The molecule has 0 aliphatic heterocycles. The van der Waals surface area contributed by atoms with Crippen molar-refractivity contribution in [2.45, 2.75) is 112 Å². The first kappa shape index (κ1) is 22.6. The molecule has 3 fully saturated rings. The zero-order valence-corrected chi connectivity index (χ0v) is 20.8. The van der Waals surface area contributed by atoms with E-state index in [-0.39, 0.29) is 11.5 Å². The molecule has 8 atom stereocenters. The SMILES string of the molecule is C=C(CCC(C)C1CCC2C3=CCC4CC(O)CCC4(C)C3CCC21C)C(C)(C)C. The van der Waals surface area contributed by atoms with Crippen LogP contribution in [0.3, 0.4) is 0 Å². The maximum absolute atomic E-state index is 10.3. The van der Waals surface area contributed by atoms with Gasteiger partial charge in [0.05, 0.1) is 6.10 Å². The number of allylic oxidation sites excluding steroid dienone is 3. The summed E-state index contributed by atoms with van der Waals surface area (Å²) in [5.74, 6) is 3.98. The lowest BCUT2D eigenvalue weighted by Crippen LogP contribution is -2.49. The summed E-state index contributed by atoms with van der Waals surface area (Å²) in [4.78, 5) is 0. The number of aliphatic hydroxyl groups is 1. The quantitative estimate of drug-likeness (QED) is 0.464. The highest BCUT2D eigenvalue weighted by molar-refractivity contribution is 5.27. The third-order valence-electron chi connectivity index (χ3n) is 10.8. The molecule has 0 radical (unpaired) electrons. The fourth-order valence-corrected chi connectivity index (χ4v) is 8.44. The summed E-state index contributed by atoms with van der Waals surface area (Å²) >= 11 is 0. The van der Waals surface area contributed by atoms with Crippen molar-refractivity contribution in [1.29, 1.82) is 0 Å². The van der Waals surface area contributed by atoms with Crippen LogP contribution in [0.2, 0.25) is 0 Å². The Morgan fingerprint density at radius 2 is 1.77 bits per heavy atom. The van der Waals surface area contributed by atoms with Crippen LogP contribution in [-0.2, 0) is 0 Å². The van der Waals surface area contributed by atoms with E-state index in [0.29, 0.717) is 16.7 Å². The van der Waals surface area contributed by atoms with Crippen LogP contribution in [0.4, 0.5) is 0 Å². The Balaban J connectivity index is 1.49. The van der Waals surface area contributed by atoms with Crippen LogP contribution < -0.4 is 0 Å². The van der Waals surface area contributed by atoms with Crippen molar-refractivity contribution in [1.82, 2.24) is 0 Å². The van der Waals surface area contributed by atoms with Crippen LogP contribution in [0, 0.1) is 45.8 Å². The zero-order valence-electron chi connectivity index (χ0n) is 20.8. The predicted molar refractivity (Wildman–Crippen MR) is 128 cm³/mol. The van der Waals surface area contributed by atoms with E-state index in [1.807, 2.05) is 5.57 Å². The van der Waals surface area contributed by atoms with Gasteiger partial charge in [0.15, 0.2) is 0 Å². The van der Waals surface area contributed by atoms with Gasteiger partial charge in [0.1, 0.15) is 0 Å².